The van der Waals surface area contributed by atoms with Crippen molar-refractivity contribution in [3.8, 4) is 0 Å². The van der Waals surface area contributed by atoms with Crippen molar-refractivity contribution in [1.29, 1.82) is 0 Å². The molecule has 0 bridgehead atoms. The average molecular weight is 203 g/mol. The second-order valence-corrected chi connectivity index (χ2v) is 4.82. The number of aryl methyl sites for hydroxylation is 1. The summed E-state index contributed by atoms with van der Waals surface area (Å²) in [6, 6.07) is 7.45. The summed E-state index contributed by atoms with van der Waals surface area (Å²) in [4.78, 5) is 0. The lowest BCUT2D eigenvalue weighted by Gasteiger charge is -2.19. The van der Waals surface area contributed by atoms with Crippen LogP contribution in [0, 0.1) is 12.8 Å². The Morgan fingerprint density at radius 3 is 2.60 bits per heavy atom. The zero-order valence-corrected chi connectivity index (χ0v) is 10.2. The maximum absolute atomic E-state index is 3.61. The van der Waals surface area contributed by atoms with Crippen LogP contribution in [-0.4, -0.2) is 6.54 Å². The van der Waals surface area contributed by atoms with Gasteiger partial charge >= 0.3 is 0 Å². The summed E-state index contributed by atoms with van der Waals surface area (Å²) < 4.78 is 0. The van der Waals surface area contributed by atoms with Gasteiger partial charge in [0.15, 0.2) is 0 Å². The molecule has 0 spiro atoms. The molecule has 1 aromatic rings. The molecule has 3 unspecified atom stereocenters. The summed E-state index contributed by atoms with van der Waals surface area (Å²) in [5, 5.41) is 3.61. The van der Waals surface area contributed by atoms with E-state index in [1.54, 1.807) is 5.56 Å². The second-order valence-electron chi connectivity index (χ2n) is 4.82. The van der Waals surface area contributed by atoms with Gasteiger partial charge in [-0.25, -0.2) is 0 Å². The van der Waals surface area contributed by atoms with Gasteiger partial charge < -0.3 is 5.32 Å². The maximum atomic E-state index is 3.61. The van der Waals surface area contributed by atoms with Crippen LogP contribution in [0.25, 0.3) is 0 Å². The standard InChI is InChI=1S/C14H21N/c1-5-15-14-11(4)10(3)12-7-6-9(2)8-13(12)14/h6-8,10-11,14-15H,5H2,1-4H3. The Bertz CT molecular complexity index is 356. The molecule has 1 aromatic carbocycles. The minimum Gasteiger partial charge on any atom is -0.310 e. The molecule has 1 aliphatic carbocycles. The van der Waals surface area contributed by atoms with Crippen molar-refractivity contribution < 1.29 is 0 Å². The fraction of sp³-hybridized carbons (Fsp3) is 0.571. The zero-order valence-electron chi connectivity index (χ0n) is 10.2. The Labute approximate surface area is 92.9 Å². The molecule has 1 heteroatoms. The summed E-state index contributed by atoms with van der Waals surface area (Å²) in [6.45, 7) is 10.1. The van der Waals surface area contributed by atoms with Crippen LogP contribution in [0.1, 0.15) is 49.4 Å². The van der Waals surface area contributed by atoms with Crippen molar-refractivity contribution >= 4 is 0 Å². The van der Waals surface area contributed by atoms with E-state index in [1.165, 1.54) is 11.1 Å². The van der Waals surface area contributed by atoms with E-state index in [4.69, 9.17) is 0 Å². The first-order chi connectivity index (χ1) is 7.15. The fourth-order valence-corrected chi connectivity index (χ4v) is 2.75. The molecule has 15 heavy (non-hydrogen) atoms. The SMILES string of the molecule is CCNC1c2cc(C)ccc2C(C)C1C. The normalized spacial score (nSPS) is 29.2. The number of nitrogens with one attached hydrogen (secondary N) is 1. The van der Waals surface area contributed by atoms with Crippen LogP contribution in [0.2, 0.25) is 0 Å². The highest BCUT2D eigenvalue weighted by Crippen LogP contribution is 2.44. The van der Waals surface area contributed by atoms with E-state index in [0.29, 0.717) is 17.9 Å². The molecule has 1 N–H and O–H groups in total. The molecule has 2 rings (SSSR count). The zero-order chi connectivity index (χ0) is 11.0. The largest absolute Gasteiger partial charge is 0.310 e. The van der Waals surface area contributed by atoms with E-state index in [0.717, 1.165) is 6.54 Å². The smallest absolute Gasteiger partial charge is 0.0354 e. The van der Waals surface area contributed by atoms with E-state index in [2.05, 4.69) is 51.2 Å². The van der Waals surface area contributed by atoms with Crippen molar-refractivity contribution in [3.63, 3.8) is 0 Å². The highest BCUT2D eigenvalue weighted by Gasteiger charge is 2.34. The third kappa shape index (κ3) is 1.69. The monoisotopic (exact) mass is 203 g/mol. The summed E-state index contributed by atoms with van der Waals surface area (Å²) >= 11 is 0. The molecule has 82 valence electrons. The van der Waals surface area contributed by atoms with Gasteiger partial charge in [0.2, 0.25) is 0 Å². The van der Waals surface area contributed by atoms with Crippen LogP contribution in [0.3, 0.4) is 0 Å². The van der Waals surface area contributed by atoms with Gasteiger partial charge in [0.1, 0.15) is 0 Å². The molecular weight excluding hydrogens is 182 g/mol. The molecule has 1 aliphatic rings. The highest BCUT2D eigenvalue weighted by molar-refractivity contribution is 5.41. The highest BCUT2D eigenvalue weighted by atomic mass is 14.9. The molecule has 1 nitrogen and oxygen atoms in total. The lowest BCUT2D eigenvalue weighted by molar-refractivity contribution is 0.386. The van der Waals surface area contributed by atoms with Crippen LogP contribution < -0.4 is 5.32 Å². The lowest BCUT2D eigenvalue weighted by atomic mass is 9.94. The van der Waals surface area contributed by atoms with Crippen molar-refractivity contribution in [2.24, 2.45) is 5.92 Å². The van der Waals surface area contributed by atoms with Crippen LogP contribution in [-0.2, 0) is 0 Å². The molecule has 0 aliphatic heterocycles. The summed E-state index contributed by atoms with van der Waals surface area (Å²) in [7, 11) is 0. The molecule has 0 fully saturated rings. The molecule has 0 radical (unpaired) electrons. The summed E-state index contributed by atoms with van der Waals surface area (Å²) in [5.41, 5.74) is 4.44. The van der Waals surface area contributed by atoms with Gasteiger partial charge in [-0.3, -0.25) is 0 Å². The van der Waals surface area contributed by atoms with E-state index in [9.17, 15) is 0 Å². The van der Waals surface area contributed by atoms with Crippen LogP contribution in [0.4, 0.5) is 0 Å². The minimum atomic E-state index is 0.555. The van der Waals surface area contributed by atoms with Gasteiger partial charge in [0.05, 0.1) is 0 Å². The van der Waals surface area contributed by atoms with Crippen LogP contribution >= 0.6 is 0 Å². The summed E-state index contributed by atoms with van der Waals surface area (Å²) in [5.74, 6) is 1.39. The number of fused-ring (bicyclic) bond motifs is 1. The quantitative estimate of drug-likeness (QED) is 0.777. The minimum absolute atomic E-state index is 0.555. The molecule has 0 saturated heterocycles. The fourth-order valence-electron chi connectivity index (χ4n) is 2.75. The van der Waals surface area contributed by atoms with Gasteiger partial charge in [0, 0.05) is 6.04 Å². The Kier molecular flexibility index (Phi) is 2.83. The van der Waals surface area contributed by atoms with Crippen molar-refractivity contribution in [3.05, 3.63) is 34.9 Å². The van der Waals surface area contributed by atoms with Crippen LogP contribution in [0.5, 0.6) is 0 Å². The van der Waals surface area contributed by atoms with Gasteiger partial charge in [0.25, 0.3) is 0 Å². The molecular formula is C14H21N. The predicted molar refractivity (Wildman–Crippen MR) is 65.2 cm³/mol. The first-order valence-electron chi connectivity index (χ1n) is 5.99. The number of benzene rings is 1. The van der Waals surface area contributed by atoms with E-state index >= 15 is 0 Å². The molecule has 0 saturated carbocycles. The van der Waals surface area contributed by atoms with E-state index < -0.39 is 0 Å². The first kappa shape index (κ1) is 10.7. The predicted octanol–water partition coefficient (Wildman–Crippen LogP) is 3.40. The molecule has 0 aromatic heterocycles. The summed E-state index contributed by atoms with van der Waals surface area (Å²) in [6.07, 6.45) is 0. The van der Waals surface area contributed by atoms with Gasteiger partial charge in [-0.05, 0) is 36.4 Å². The number of rotatable bonds is 2. The Morgan fingerprint density at radius 2 is 1.93 bits per heavy atom. The first-order valence-corrected chi connectivity index (χ1v) is 5.99. The topological polar surface area (TPSA) is 12.0 Å². The maximum Gasteiger partial charge on any atom is 0.0354 e. The van der Waals surface area contributed by atoms with Crippen molar-refractivity contribution in [1.82, 2.24) is 5.32 Å². The Morgan fingerprint density at radius 1 is 1.20 bits per heavy atom. The van der Waals surface area contributed by atoms with E-state index in [1.807, 2.05) is 0 Å². The number of hydrogen-bond donors (Lipinski definition) is 1. The average Bonchev–Trinajstić information content (AvgIpc) is 2.44. The molecule has 0 amide bonds. The lowest BCUT2D eigenvalue weighted by Crippen LogP contribution is -2.24. The van der Waals surface area contributed by atoms with Gasteiger partial charge in [-0.15, -0.1) is 0 Å². The Balaban J connectivity index is 2.42. The van der Waals surface area contributed by atoms with Crippen molar-refractivity contribution in [2.75, 3.05) is 6.54 Å². The number of hydrogen-bond acceptors (Lipinski definition) is 1. The Hall–Kier alpha value is -0.820. The molecule has 0 heterocycles. The second kappa shape index (κ2) is 3.97. The van der Waals surface area contributed by atoms with Crippen molar-refractivity contribution in [2.45, 2.75) is 39.7 Å². The van der Waals surface area contributed by atoms with E-state index in [-0.39, 0.29) is 0 Å². The third-order valence-corrected chi connectivity index (χ3v) is 3.81. The van der Waals surface area contributed by atoms with Gasteiger partial charge in [-0.1, -0.05) is 44.5 Å². The third-order valence-electron chi connectivity index (χ3n) is 3.81. The molecule has 3 atom stereocenters. The van der Waals surface area contributed by atoms with Gasteiger partial charge in [-0.2, -0.15) is 0 Å². The van der Waals surface area contributed by atoms with Crippen LogP contribution in [0.15, 0.2) is 18.2 Å².